The Morgan fingerprint density at radius 3 is 2.41 bits per heavy atom. The summed E-state index contributed by atoms with van der Waals surface area (Å²) in [6, 6.07) is 23.9. The fourth-order valence-electron chi connectivity index (χ4n) is 3.93. The standard InChI is InChI=1S/C28H27N5O3S/c1-37(35,36)26-10-3-2-9-24(26)20-11-13-22(14-12-20)33-28(34)25(16-19-6-5-15-31-18-19)32-23-8-4-7-21(17-23)27(29)30/h2-15,17-18,25,32H,16H2,1H3,(H3,29,30)(H,33,34)/t25-/m0/s1. The third-order valence-corrected chi connectivity index (χ3v) is 6.90. The lowest BCUT2D eigenvalue weighted by Crippen LogP contribution is -2.36. The lowest BCUT2D eigenvalue weighted by molar-refractivity contribution is -0.116. The van der Waals surface area contributed by atoms with E-state index in [0.29, 0.717) is 28.9 Å². The molecule has 0 aliphatic heterocycles. The van der Waals surface area contributed by atoms with E-state index in [4.69, 9.17) is 11.1 Å². The van der Waals surface area contributed by atoms with E-state index in [1.54, 1.807) is 79.1 Å². The van der Waals surface area contributed by atoms with Crippen LogP contribution in [-0.4, -0.2) is 37.4 Å². The molecular weight excluding hydrogens is 486 g/mol. The van der Waals surface area contributed by atoms with Crippen molar-refractivity contribution in [2.75, 3.05) is 16.9 Å². The molecule has 0 saturated carbocycles. The minimum Gasteiger partial charge on any atom is -0.384 e. The second-order valence-electron chi connectivity index (χ2n) is 8.59. The van der Waals surface area contributed by atoms with Crippen molar-refractivity contribution in [3.05, 3.63) is 108 Å². The second-order valence-corrected chi connectivity index (χ2v) is 10.6. The molecule has 5 N–H and O–H groups in total. The number of amidine groups is 1. The molecule has 188 valence electrons. The number of benzene rings is 3. The van der Waals surface area contributed by atoms with E-state index >= 15 is 0 Å². The number of nitrogen functional groups attached to an aromatic ring is 1. The summed E-state index contributed by atoms with van der Waals surface area (Å²) >= 11 is 0. The molecule has 0 aliphatic rings. The first-order valence-electron chi connectivity index (χ1n) is 11.5. The number of hydrogen-bond donors (Lipinski definition) is 4. The predicted octanol–water partition coefficient (Wildman–Crippen LogP) is 4.10. The number of hydrogen-bond acceptors (Lipinski definition) is 6. The van der Waals surface area contributed by atoms with Crippen LogP contribution in [0.1, 0.15) is 11.1 Å². The number of pyridine rings is 1. The van der Waals surface area contributed by atoms with Gasteiger partial charge in [-0.3, -0.25) is 15.2 Å². The van der Waals surface area contributed by atoms with Gasteiger partial charge >= 0.3 is 0 Å². The Hall–Kier alpha value is -4.50. The summed E-state index contributed by atoms with van der Waals surface area (Å²) in [5.41, 5.74) is 9.61. The van der Waals surface area contributed by atoms with E-state index in [2.05, 4.69) is 15.6 Å². The molecule has 1 amide bonds. The van der Waals surface area contributed by atoms with Crippen molar-refractivity contribution < 1.29 is 13.2 Å². The first-order valence-corrected chi connectivity index (χ1v) is 13.4. The molecule has 9 heteroatoms. The summed E-state index contributed by atoms with van der Waals surface area (Å²) in [7, 11) is -3.39. The molecule has 0 bridgehead atoms. The first kappa shape index (κ1) is 25.6. The molecule has 0 spiro atoms. The smallest absolute Gasteiger partial charge is 0.247 e. The number of nitrogens with zero attached hydrogens (tertiary/aromatic N) is 1. The average molecular weight is 514 g/mol. The van der Waals surface area contributed by atoms with E-state index in [0.717, 1.165) is 11.1 Å². The Morgan fingerprint density at radius 2 is 1.73 bits per heavy atom. The summed E-state index contributed by atoms with van der Waals surface area (Å²) in [6.45, 7) is 0. The van der Waals surface area contributed by atoms with Gasteiger partial charge in [-0.25, -0.2) is 8.42 Å². The van der Waals surface area contributed by atoms with Gasteiger partial charge in [0.25, 0.3) is 0 Å². The lowest BCUT2D eigenvalue weighted by Gasteiger charge is -2.20. The average Bonchev–Trinajstić information content (AvgIpc) is 2.89. The normalized spacial score (nSPS) is 11.9. The molecule has 0 saturated heterocycles. The van der Waals surface area contributed by atoms with E-state index in [-0.39, 0.29) is 16.6 Å². The van der Waals surface area contributed by atoms with Crippen molar-refractivity contribution in [3.63, 3.8) is 0 Å². The highest BCUT2D eigenvalue weighted by Gasteiger charge is 2.20. The van der Waals surface area contributed by atoms with E-state index in [9.17, 15) is 13.2 Å². The number of carbonyl (C=O) groups is 1. The Labute approximate surface area is 216 Å². The van der Waals surface area contributed by atoms with Crippen LogP contribution in [0.25, 0.3) is 11.1 Å². The SMILES string of the molecule is CS(=O)(=O)c1ccccc1-c1ccc(NC(=O)[C@H](Cc2cccnc2)Nc2cccc(C(=N)N)c2)cc1. The van der Waals surface area contributed by atoms with Gasteiger partial charge in [-0.2, -0.15) is 0 Å². The Bertz CT molecular complexity index is 1520. The predicted molar refractivity (Wildman–Crippen MR) is 146 cm³/mol. The van der Waals surface area contributed by atoms with Crippen LogP contribution in [0.5, 0.6) is 0 Å². The van der Waals surface area contributed by atoms with Gasteiger partial charge in [-0.1, -0.05) is 48.5 Å². The number of rotatable bonds is 9. The Balaban J connectivity index is 1.56. The van der Waals surface area contributed by atoms with Crippen LogP contribution in [-0.2, 0) is 21.1 Å². The van der Waals surface area contributed by atoms with Gasteiger partial charge in [-0.05, 0) is 47.5 Å². The topological polar surface area (TPSA) is 138 Å². The van der Waals surface area contributed by atoms with Crippen molar-refractivity contribution in [1.29, 1.82) is 5.41 Å². The van der Waals surface area contributed by atoms with Gasteiger partial charge < -0.3 is 16.4 Å². The minimum atomic E-state index is -3.39. The third-order valence-electron chi connectivity index (χ3n) is 5.74. The highest BCUT2D eigenvalue weighted by molar-refractivity contribution is 7.90. The van der Waals surface area contributed by atoms with Crippen molar-refractivity contribution in [3.8, 4) is 11.1 Å². The van der Waals surface area contributed by atoms with Gasteiger partial charge in [0.2, 0.25) is 5.91 Å². The Kier molecular flexibility index (Phi) is 7.64. The van der Waals surface area contributed by atoms with Gasteiger partial charge in [-0.15, -0.1) is 0 Å². The fourth-order valence-corrected chi connectivity index (χ4v) is 4.84. The number of sulfone groups is 1. The summed E-state index contributed by atoms with van der Waals surface area (Å²) in [4.78, 5) is 17.7. The van der Waals surface area contributed by atoms with Crippen LogP contribution >= 0.6 is 0 Å². The van der Waals surface area contributed by atoms with Gasteiger partial charge in [0, 0.05) is 47.6 Å². The van der Waals surface area contributed by atoms with Crippen LogP contribution in [0.2, 0.25) is 0 Å². The first-order chi connectivity index (χ1) is 17.7. The molecule has 8 nitrogen and oxygen atoms in total. The van der Waals surface area contributed by atoms with Crippen LogP contribution in [0.4, 0.5) is 11.4 Å². The quantitative estimate of drug-likeness (QED) is 0.196. The highest BCUT2D eigenvalue weighted by atomic mass is 32.2. The molecule has 1 atom stereocenters. The zero-order chi connectivity index (χ0) is 26.4. The summed E-state index contributed by atoms with van der Waals surface area (Å²) in [5, 5.41) is 13.9. The van der Waals surface area contributed by atoms with Gasteiger partial charge in [0.1, 0.15) is 11.9 Å². The zero-order valence-corrected chi connectivity index (χ0v) is 21.0. The number of nitrogens with two attached hydrogens (primary N) is 1. The molecule has 0 radical (unpaired) electrons. The zero-order valence-electron chi connectivity index (χ0n) is 20.2. The van der Waals surface area contributed by atoms with Gasteiger partial charge in [0.05, 0.1) is 4.90 Å². The molecule has 4 rings (SSSR count). The molecule has 0 aliphatic carbocycles. The van der Waals surface area contributed by atoms with E-state index in [1.807, 2.05) is 18.2 Å². The van der Waals surface area contributed by atoms with Crippen molar-refractivity contribution in [2.24, 2.45) is 5.73 Å². The minimum absolute atomic E-state index is 0.0607. The maximum atomic E-state index is 13.3. The largest absolute Gasteiger partial charge is 0.384 e. The van der Waals surface area contributed by atoms with Crippen molar-refractivity contribution in [1.82, 2.24) is 4.98 Å². The lowest BCUT2D eigenvalue weighted by atomic mass is 10.0. The molecule has 3 aromatic carbocycles. The molecule has 1 heterocycles. The number of aromatic nitrogens is 1. The third kappa shape index (κ3) is 6.59. The monoisotopic (exact) mass is 513 g/mol. The number of amides is 1. The van der Waals surface area contributed by atoms with Crippen LogP contribution < -0.4 is 16.4 Å². The van der Waals surface area contributed by atoms with E-state index in [1.165, 1.54) is 6.26 Å². The summed E-state index contributed by atoms with van der Waals surface area (Å²) < 4.78 is 24.4. The molecule has 1 aromatic heterocycles. The molecule has 0 fully saturated rings. The maximum Gasteiger partial charge on any atom is 0.247 e. The highest BCUT2D eigenvalue weighted by Crippen LogP contribution is 2.28. The second kappa shape index (κ2) is 11.0. The molecule has 37 heavy (non-hydrogen) atoms. The van der Waals surface area contributed by atoms with Crippen LogP contribution in [0, 0.1) is 5.41 Å². The van der Waals surface area contributed by atoms with Crippen molar-refractivity contribution >= 4 is 33.0 Å². The summed E-state index contributed by atoms with van der Waals surface area (Å²) in [5.74, 6) is -0.323. The molecular formula is C28H27N5O3S. The van der Waals surface area contributed by atoms with Crippen LogP contribution in [0.15, 0.2) is 102 Å². The van der Waals surface area contributed by atoms with Gasteiger partial charge in [0.15, 0.2) is 9.84 Å². The number of nitrogens with one attached hydrogen (secondary N) is 3. The summed E-state index contributed by atoms with van der Waals surface area (Å²) in [6.07, 6.45) is 4.94. The Morgan fingerprint density at radius 1 is 0.973 bits per heavy atom. The maximum absolute atomic E-state index is 13.3. The fraction of sp³-hybridized carbons (Fsp3) is 0.107. The van der Waals surface area contributed by atoms with Crippen LogP contribution in [0.3, 0.4) is 0 Å². The van der Waals surface area contributed by atoms with E-state index < -0.39 is 15.9 Å². The molecule has 4 aromatic rings. The van der Waals surface area contributed by atoms with Crippen molar-refractivity contribution in [2.45, 2.75) is 17.4 Å². The number of anilines is 2. The molecule has 0 unspecified atom stereocenters. The number of carbonyl (C=O) groups excluding carboxylic acids is 1.